The second kappa shape index (κ2) is 6.93. The van der Waals surface area contributed by atoms with Crippen LogP contribution in [-0.4, -0.2) is 50.5 Å². The molecule has 0 aromatic heterocycles. The molecule has 17 heavy (non-hydrogen) atoms. The number of carbonyl (C=O) groups excluding carboxylic acids is 1. The fraction of sp³-hybridized carbons (Fsp3) is 0.667. The first-order valence-corrected chi connectivity index (χ1v) is 5.96. The van der Waals surface area contributed by atoms with Crippen molar-refractivity contribution < 1.29 is 4.79 Å². The van der Waals surface area contributed by atoms with Gasteiger partial charge in [0.25, 0.3) is 0 Å². The van der Waals surface area contributed by atoms with Crippen LogP contribution in [0.1, 0.15) is 12.8 Å². The van der Waals surface area contributed by atoms with Crippen LogP contribution in [0.15, 0.2) is 17.6 Å². The summed E-state index contributed by atoms with van der Waals surface area (Å²) in [6, 6.07) is 0. The van der Waals surface area contributed by atoms with Gasteiger partial charge in [0.15, 0.2) is 5.96 Å². The average Bonchev–Trinajstić information content (AvgIpc) is 3.11. The highest BCUT2D eigenvalue weighted by Crippen LogP contribution is 2.27. The number of nitrogens with zero attached hydrogens (tertiary/aromatic N) is 2. The van der Waals surface area contributed by atoms with Crippen LogP contribution in [0.25, 0.3) is 0 Å². The molecular weight excluding hydrogens is 216 g/mol. The molecule has 0 aliphatic heterocycles. The Bertz CT molecular complexity index is 295. The summed E-state index contributed by atoms with van der Waals surface area (Å²) < 4.78 is 0. The maximum Gasteiger partial charge on any atom is 0.243 e. The maximum absolute atomic E-state index is 11.4. The quantitative estimate of drug-likeness (QED) is 0.395. The molecule has 1 aliphatic rings. The fourth-order valence-electron chi connectivity index (χ4n) is 1.19. The van der Waals surface area contributed by atoms with Crippen LogP contribution in [0.4, 0.5) is 0 Å². The van der Waals surface area contributed by atoms with Crippen molar-refractivity contribution in [1.29, 1.82) is 0 Å². The third-order valence-corrected chi connectivity index (χ3v) is 2.54. The number of hydrogen-bond acceptors (Lipinski definition) is 2. The van der Waals surface area contributed by atoms with Gasteiger partial charge in [-0.15, -0.1) is 6.58 Å². The average molecular weight is 238 g/mol. The molecule has 5 nitrogen and oxygen atoms in total. The van der Waals surface area contributed by atoms with Crippen molar-refractivity contribution in [3.8, 4) is 0 Å². The summed E-state index contributed by atoms with van der Waals surface area (Å²) >= 11 is 0. The van der Waals surface area contributed by atoms with Gasteiger partial charge in [-0.05, 0) is 18.8 Å². The van der Waals surface area contributed by atoms with Crippen molar-refractivity contribution in [3.63, 3.8) is 0 Å². The van der Waals surface area contributed by atoms with Crippen molar-refractivity contribution >= 4 is 11.9 Å². The van der Waals surface area contributed by atoms with Gasteiger partial charge in [-0.2, -0.15) is 0 Å². The zero-order chi connectivity index (χ0) is 12.7. The second-order valence-electron chi connectivity index (χ2n) is 4.45. The van der Waals surface area contributed by atoms with Gasteiger partial charge >= 0.3 is 0 Å². The third kappa shape index (κ3) is 5.94. The molecule has 0 bridgehead atoms. The predicted octanol–water partition coefficient (Wildman–Crippen LogP) is 0.206. The summed E-state index contributed by atoms with van der Waals surface area (Å²) in [5.41, 5.74) is 0. The number of amides is 1. The normalized spacial score (nSPS) is 15.3. The number of guanidine groups is 1. The number of carbonyl (C=O) groups is 1. The predicted molar refractivity (Wildman–Crippen MR) is 69.9 cm³/mol. The lowest BCUT2D eigenvalue weighted by atomic mass is 10.4. The molecule has 1 fully saturated rings. The first kappa shape index (κ1) is 13.5. The van der Waals surface area contributed by atoms with E-state index in [1.165, 1.54) is 17.7 Å². The minimum absolute atomic E-state index is 0.00359. The molecule has 1 rings (SSSR count). The van der Waals surface area contributed by atoms with E-state index in [-0.39, 0.29) is 12.5 Å². The van der Waals surface area contributed by atoms with Gasteiger partial charge in [0.1, 0.15) is 6.54 Å². The second-order valence-corrected chi connectivity index (χ2v) is 4.45. The molecule has 5 heteroatoms. The van der Waals surface area contributed by atoms with Crippen LogP contribution in [0.5, 0.6) is 0 Å². The first-order chi connectivity index (χ1) is 8.13. The van der Waals surface area contributed by atoms with Crippen molar-refractivity contribution in [1.82, 2.24) is 15.5 Å². The summed E-state index contributed by atoms with van der Waals surface area (Å²) in [7, 11) is 3.46. The van der Waals surface area contributed by atoms with Gasteiger partial charge in [-0.25, -0.2) is 4.99 Å². The number of likely N-dealkylation sites (N-methyl/N-ethyl adjacent to an activating group) is 1. The Morgan fingerprint density at radius 3 is 2.71 bits per heavy atom. The lowest BCUT2D eigenvalue weighted by Crippen LogP contribution is -2.39. The molecule has 0 saturated heterocycles. The Morgan fingerprint density at radius 2 is 2.18 bits per heavy atom. The van der Waals surface area contributed by atoms with Crippen LogP contribution in [0.3, 0.4) is 0 Å². The van der Waals surface area contributed by atoms with Gasteiger partial charge < -0.3 is 15.5 Å². The number of nitrogens with one attached hydrogen (secondary N) is 2. The standard InChI is InChI=1S/C12H22N4O/c1-4-7-13-12(14-8-10-5-6-10)15-9-11(17)16(2)3/h4,10H,1,5-9H2,2-3H3,(H2,13,14,15). The molecule has 1 aliphatic carbocycles. The smallest absolute Gasteiger partial charge is 0.243 e. The number of hydrogen-bond donors (Lipinski definition) is 2. The van der Waals surface area contributed by atoms with Crippen molar-refractivity contribution in [2.75, 3.05) is 33.7 Å². The molecule has 2 N–H and O–H groups in total. The van der Waals surface area contributed by atoms with E-state index in [0.717, 1.165) is 12.5 Å². The molecular formula is C12H22N4O. The highest BCUT2D eigenvalue weighted by Gasteiger charge is 2.21. The van der Waals surface area contributed by atoms with E-state index in [9.17, 15) is 4.79 Å². The van der Waals surface area contributed by atoms with Gasteiger partial charge in [0.2, 0.25) is 5.91 Å². The summed E-state index contributed by atoms with van der Waals surface area (Å²) in [5, 5.41) is 6.33. The monoisotopic (exact) mass is 238 g/mol. The summed E-state index contributed by atoms with van der Waals surface area (Å²) in [4.78, 5) is 17.2. The molecule has 0 heterocycles. The van der Waals surface area contributed by atoms with E-state index in [1.54, 1.807) is 20.2 Å². The first-order valence-electron chi connectivity index (χ1n) is 5.96. The molecule has 0 spiro atoms. The maximum atomic E-state index is 11.4. The largest absolute Gasteiger partial charge is 0.356 e. The lowest BCUT2D eigenvalue weighted by Gasteiger charge is -2.12. The van der Waals surface area contributed by atoms with E-state index < -0.39 is 0 Å². The minimum atomic E-state index is -0.00359. The Balaban J connectivity index is 2.38. The van der Waals surface area contributed by atoms with E-state index in [1.807, 2.05) is 0 Å². The lowest BCUT2D eigenvalue weighted by molar-refractivity contribution is -0.127. The van der Waals surface area contributed by atoms with Gasteiger partial charge in [0, 0.05) is 27.2 Å². The van der Waals surface area contributed by atoms with Gasteiger partial charge in [0.05, 0.1) is 0 Å². The minimum Gasteiger partial charge on any atom is -0.356 e. The van der Waals surface area contributed by atoms with E-state index in [4.69, 9.17) is 0 Å². The van der Waals surface area contributed by atoms with Crippen LogP contribution < -0.4 is 10.6 Å². The molecule has 1 amide bonds. The Morgan fingerprint density at radius 1 is 1.47 bits per heavy atom. The van der Waals surface area contributed by atoms with Crippen LogP contribution in [0, 0.1) is 5.92 Å². The molecule has 0 aromatic rings. The van der Waals surface area contributed by atoms with Crippen LogP contribution >= 0.6 is 0 Å². The molecule has 1 saturated carbocycles. The van der Waals surface area contributed by atoms with Crippen molar-refractivity contribution in [2.45, 2.75) is 12.8 Å². The number of aliphatic imine (C=N–C) groups is 1. The molecule has 0 unspecified atom stereocenters. The van der Waals surface area contributed by atoms with Crippen LogP contribution in [0.2, 0.25) is 0 Å². The topological polar surface area (TPSA) is 56.7 Å². The van der Waals surface area contributed by atoms with Gasteiger partial charge in [-0.1, -0.05) is 6.08 Å². The summed E-state index contributed by atoms with van der Waals surface area (Å²) in [6.45, 7) is 5.39. The molecule has 96 valence electrons. The van der Waals surface area contributed by atoms with E-state index >= 15 is 0 Å². The SMILES string of the molecule is C=CCNC(=NCC(=O)N(C)C)NCC1CC1. The van der Waals surface area contributed by atoms with Gasteiger partial charge in [-0.3, -0.25) is 4.79 Å². The third-order valence-electron chi connectivity index (χ3n) is 2.54. The Labute approximate surface area is 103 Å². The molecule has 0 aromatic carbocycles. The highest BCUT2D eigenvalue weighted by atomic mass is 16.2. The number of rotatable bonds is 6. The van der Waals surface area contributed by atoms with E-state index in [0.29, 0.717) is 12.5 Å². The van der Waals surface area contributed by atoms with E-state index in [2.05, 4.69) is 22.2 Å². The van der Waals surface area contributed by atoms with Crippen molar-refractivity contribution in [2.24, 2.45) is 10.9 Å². The molecule has 0 radical (unpaired) electrons. The zero-order valence-corrected chi connectivity index (χ0v) is 10.7. The highest BCUT2D eigenvalue weighted by molar-refractivity contribution is 5.84. The Kier molecular flexibility index (Phi) is 5.52. The van der Waals surface area contributed by atoms with Crippen LogP contribution in [-0.2, 0) is 4.79 Å². The summed E-state index contributed by atoms with van der Waals surface area (Å²) in [5.74, 6) is 1.46. The Hall–Kier alpha value is -1.52. The summed E-state index contributed by atoms with van der Waals surface area (Å²) in [6.07, 6.45) is 4.35. The molecule has 0 atom stereocenters. The fourth-order valence-corrected chi connectivity index (χ4v) is 1.19. The van der Waals surface area contributed by atoms with Crippen molar-refractivity contribution in [3.05, 3.63) is 12.7 Å². The zero-order valence-electron chi connectivity index (χ0n) is 10.7.